The molecule has 0 radical (unpaired) electrons. The number of hydrogen-bond donors (Lipinski definition) is 1. The van der Waals surface area contributed by atoms with E-state index in [4.69, 9.17) is 0 Å². The molecular formula is C13H19ClFNS. The first-order chi connectivity index (χ1) is 7.74. The van der Waals surface area contributed by atoms with E-state index in [0.29, 0.717) is 0 Å². The first-order valence-corrected chi connectivity index (χ1v) is 6.54. The lowest BCUT2D eigenvalue weighted by Gasteiger charge is -2.07. The minimum absolute atomic E-state index is 0. The van der Waals surface area contributed by atoms with Gasteiger partial charge in [0, 0.05) is 24.6 Å². The molecule has 0 unspecified atom stereocenters. The van der Waals surface area contributed by atoms with Crippen LogP contribution in [0.4, 0.5) is 4.39 Å². The maximum absolute atomic E-state index is 12.8. The molecule has 4 heteroatoms. The number of halogens is 2. The molecule has 1 aromatic rings. The Hall–Kier alpha value is -0.510. The molecule has 96 valence electrons. The van der Waals surface area contributed by atoms with Crippen molar-refractivity contribution in [1.29, 1.82) is 0 Å². The lowest BCUT2D eigenvalue weighted by molar-refractivity contribution is 0.624. The minimum Gasteiger partial charge on any atom is -0.312 e. The first-order valence-electron chi connectivity index (χ1n) is 5.38. The van der Waals surface area contributed by atoms with Crippen molar-refractivity contribution >= 4 is 24.2 Å². The molecule has 0 heterocycles. The van der Waals surface area contributed by atoms with E-state index in [-0.39, 0.29) is 18.2 Å². The van der Waals surface area contributed by atoms with Crippen LogP contribution in [0.3, 0.4) is 0 Å². The number of rotatable bonds is 7. The molecule has 1 nitrogen and oxygen atoms in total. The van der Waals surface area contributed by atoms with Crippen LogP contribution < -0.4 is 5.32 Å². The minimum atomic E-state index is -0.164. The quantitative estimate of drug-likeness (QED) is 0.603. The summed E-state index contributed by atoms with van der Waals surface area (Å²) in [5, 5.41) is 3.34. The average Bonchev–Trinajstić information content (AvgIpc) is 2.26. The van der Waals surface area contributed by atoms with E-state index >= 15 is 0 Å². The van der Waals surface area contributed by atoms with Gasteiger partial charge in [-0.3, -0.25) is 0 Å². The molecule has 0 aliphatic rings. The number of benzene rings is 1. The van der Waals surface area contributed by atoms with E-state index in [0.717, 1.165) is 35.7 Å². The summed E-state index contributed by atoms with van der Waals surface area (Å²) in [4.78, 5) is 0. The molecule has 0 aromatic heterocycles. The van der Waals surface area contributed by atoms with Gasteiger partial charge in [0.25, 0.3) is 0 Å². The molecule has 0 fully saturated rings. The van der Waals surface area contributed by atoms with Crippen LogP contribution in [0.25, 0.3) is 0 Å². The molecule has 0 amide bonds. The standard InChI is InChI=1S/C13H18FNS.ClH/c1-3-7-16-8-6-15-10-12-4-5-13(14)9-11(12)2;/h3-5,9,15H,1,6-8,10H2,2H3;1H. The number of aryl methyl sites for hydroxylation is 1. The molecule has 17 heavy (non-hydrogen) atoms. The number of hydrogen-bond acceptors (Lipinski definition) is 2. The zero-order valence-corrected chi connectivity index (χ0v) is 11.7. The van der Waals surface area contributed by atoms with E-state index in [2.05, 4.69) is 11.9 Å². The fourth-order valence-electron chi connectivity index (χ4n) is 1.39. The van der Waals surface area contributed by atoms with Crippen LogP contribution >= 0.6 is 24.2 Å². The SMILES string of the molecule is C=CCSCCNCc1ccc(F)cc1C.Cl. The summed E-state index contributed by atoms with van der Waals surface area (Å²) in [5.41, 5.74) is 2.17. The van der Waals surface area contributed by atoms with Crippen molar-refractivity contribution < 1.29 is 4.39 Å². The van der Waals surface area contributed by atoms with Crippen molar-refractivity contribution in [2.24, 2.45) is 0 Å². The van der Waals surface area contributed by atoms with Gasteiger partial charge in [0.2, 0.25) is 0 Å². The van der Waals surface area contributed by atoms with Gasteiger partial charge in [-0.05, 0) is 30.2 Å². The van der Waals surface area contributed by atoms with Gasteiger partial charge in [-0.25, -0.2) is 4.39 Å². The Morgan fingerprint density at radius 2 is 2.24 bits per heavy atom. The van der Waals surface area contributed by atoms with Crippen LogP contribution in [0.5, 0.6) is 0 Å². The van der Waals surface area contributed by atoms with Crippen molar-refractivity contribution in [3.8, 4) is 0 Å². The summed E-state index contributed by atoms with van der Waals surface area (Å²) in [5.74, 6) is 1.91. The zero-order valence-electron chi connectivity index (χ0n) is 10.0. The third kappa shape index (κ3) is 6.71. The predicted octanol–water partition coefficient (Wildman–Crippen LogP) is 3.56. The summed E-state index contributed by atoms with van der Waals surface area (Å²) in [6.45, 7) is 7.38. The molecular weight excluding hydrogens is 257 g/mol. The van der Waals surface area contributed by atoms with Gasteiger partial charge in [0.1, 0.15) is 5.82 Å². The predicted molar refractivity (Wildman–Crippen MR) is 77.6 cm³/mol. The summed E-state index contributed by atoms with van der Waals surface area (Å²) in [6.07, 6.45) is 1.91. The van der Waals surface area contributed by atoms with E-state index in [1.165, 1.54) is 6.07 Å². The van der Waals surface area contributed by atoms with Crippen molar-refractivity contribution in [3.63, 3.8) is 0 Å². The molecule has 0 bridgehead atoms. The molecule has 0 saturated carbocycles. The van der Waals surface area contributed by atoms with Crippen molar-refractivity contribution in [1.82, 2.24) is 5.32 Å². The Kier molecular flexibility index (Phi) is 9.23. The second-order valence-corrected chi connectivity index (χ2v) is 4.76. The highest BCUT2D eigenvalue weighted by Crippen LogP contribution is 2.09. The highest BCUT2D eigenvalue weighted by Gasteiger charge is 1.99. The topological polar surface area (TPSA) is 12.0 Å². The van der Waals surface area contributed by atoms with Crippen LogP contribution in [0.1, 0.15) is 11.1 Å². The summed E-state index contributed by atoms with van der Waals surface area (Å²) >= 11 is 1.85. The lowest BCUT2D eigenvalue weighted by atomic mass is 10.1. The van der Waals surface area contributed by atoms with E-state index in [1.807, 2.05) is 30.8 Å². The molecule has 0 aliphatic carbocycles. The van der Waals surface area contributed by atoms with Gasteiger partial charge in [-0.1, -0.05) is 12.1 Å². The van der Waals surface area contributed by atoms with Gasteiger partial charge >= 0.3 is 0 Å². The van der Waals surface area contributed by atoms with Crippen molar-refractivity contribution in [2.45, 2.75) is 13.5 Å². The summed E-state index contributed by atoms with van der Waals surface area (Å²) < 4.78 is 12.8. The maximum Gasteiger partial charge on any atom is 0.123 e. The van der Waals surface area contributed by atoms with Crippen molar-refractivity contribution in [2.75, 3.05) is 18.1 Å². The van der Waals surface area contributed by atoms with Crippen LogP contribution in [0.2, 0.25) is 0 Å². The van der Waals surface area contributed by atoms with Gasteiger partial charge in [0.15, 0.2) is 0 Å². The van der Waals surface area contributed by atoms with E-state index in [1.54, 1.807) is 6.07 Å². The fraction of sp³-hybridized carbons (Fsp3) is 0.385. The molecule has 0 atom stereocenters. The van der Waals surface area contributed by atoms with Crippen LogP contribution in [-0.4, -0.2) is 18.1 Å². The van der Waals surface area contributed by atoms with Gasteiger partial charge in [0.05, 0.1) is 0 Å². The Morgan fingerprint density at radius 3 is 2.88 bits per heavy atom. The Bertz CT molecular complexity index is 344. The summed E-state index contributed by atoms with van der Waals surface area (Å²) in [7, 11) is 0. The molecule has 0 aliphatic heterocycles. The molecule has 0 spiro atoms. The average molecular weight is 276 g/mol. The maximum atomic E-state index is 12.8. The van der Waals surface area contributed by atoms with Crippen LogP contribution in [0.15, 0.2) is 30.9 Å². The highest BCUT2D eigenvalue weighted by atomic mass is 35.5. The fourth-order valence-corrected chi connectivity index (χ4v) is 2.01. The number of nitrogens with one attached hydrogen (secondary N) is 1. The monoisotopic (exact) mass is 275 g/mol. The zero-order chi connectivity index (χ0) is 11.8. The normalized spacial score (nSPS) is 9.76. The van der Waals surface area contributed by atoms with E-state index < -0.39 is 0 Å². The van der Waals surface area contributed by atoms with Gasteiger partial charge in [-0.15, -0.1) is 19.0 Å². The van der Waals surface area contributed by atoms with Crippen LogP contribution in [-0.2, 0) is 6.54 Å². The summed E-state index contributed by atoms with van der Waals surface area (Å²) in [6, 6.07) is 4.93. The van der Waals surface area contributed by atoms with Crippen molar-refractivity contribution in [3.05, 3.63) is 47.8 Å². The number of thioether (sulfide) groups is 1. The largest absolute Gasteiger partial charge is 0.312 e. The van der Waals surface area contributed by atoms with Crippen LogP contribution in [0, 0.1) is 12.7 Å². The Labute approximate surface area is 113 Å². The Morgan fingerprint density at radius 1 is 1.47 bits per heavy atom. The molecule has 1 N–H and O–H groups in total. The van der Waals surface area contributed by atoms with E-state index in [9.17, 15) is 4.39 Å². The molecule has 0 saturated heterocycles. The second-order valence-electron chi connectivity index (χ2n) is 3.61. The Balaban J connectivity index is 0.00000256. The molecule has 1 aromatic carbocycles. The lowest BCUT2D eigenvalue weighted by Crippen LogP contribution is -2.17. The van der Waals surface area contributed by atoms with Gasteiger partial charge < -0.3 is 5.32 Å². The molecule has 1 rings (SSSR count). The third-order valence-corrected chi connectivity index (χ3v) is 3.24. The highest BCUT2D eigenvalue weighted by molar-refractivity contribution is 7.99. The smallest absolute Gasteiger partial charge is 0.123 e. The third-order valence-electron chi connectivity index (χ3n) is 2.28. The first kappa shape index (κ1) is 16.5. The second kappa shape index (κ2) is 9.51. The van der Waals surface area contributed by atoms with Gasteiger partial charge in [-0.2, -0.15) is 11.8 Å².